The number of nitrogens with one attached hydrogen (secondary N) is 1. The lowest BCUT2D eigenvalue weighted by atomic mass is 9.53. The van der Waals surface area contributed by atoms with E-state index in [1.807, 2.05) is 50.1 Å². The molecule has 0 bridgehead atoms. The lowest BCUT2D eigenvalue weighted by Crippen LogP contribution is -2.53. The molecule has 2 N–H and O–H groups in total. The van der Waals surface area contributed by atoms with E-state index in [0.717, 1.165) is 61.8 Å². The van der Waals surface area contributed by atoms with Crippen molar-refractivity contribution in [1.82, 2.24) is 14.9 Å². The zero-order valence-electron chi connectivity index (χ0n) is 21.3. The van der Waals surface area contributed by atoms with Crippen LogP contribution in [-0.4, -0.2) is 51.6 Å². The Balaban J connectivity index is 1.48. The molecular weight excluding hydrogens is 444 g/mol. The van der Waals surface area contributed by atoms with Crippen molar-refractivity contribution < 1.29 is 9.90 Å². The van der Waals surface area contributed by atoms with Crippen LogP contribution in [0.25, 0.3) is 0 Å². The number of carbonyl (C=O) groups is 1. The summed E-state index contributed by atoms with van der Waals surface area (Å²) in [5, 5.41) is 16.1. The normalized spacial score (nSPS) is 29.1. The molecule has 0 saturated heterocycles. The van der Waals surface area contributed by atoms with Crippen LogP contribution in [0.5, 0.6) is 0 Å². The van der Waals surface area contributed by atoms with Gasteiger partial charge in [0.15, 0.2) is 5.13 Å². The molecule has 0 radical (unpaired) electrons. The summed E-state index contributed by atoms with van der Waals surface area (Å²) in [5.41, 5.74) is 2.25. The number of aliphatic hydroxyl groups excluding tert-OH is 1. The number of fused-ring (bicyclic) bond motifs is 2. The molecule has 2 aliphatic rings. The third-order valence-corrected chi connectivity index (χ3v) is 9.44. The molecule has 6 atom stereocenters. The fourth-order valence-electron chi connectivity index (χ4n) is 6.47. The van der Waals surface area contributed by atoms with Crippen molar-refractivity contribution in [3.05, 3.63) is 40.7 Å². The highest BCUT2D eigenvalue weighted by Gasteiger charge is 2.54. The maximum absolute atomic E-state index is 13.1. The van der Waals surface area contributed by atoms with Gasteiger partial charge in [-0.1, -0.05) is 26.8 Å². The second-order valence-corrected chi connectivity index (χ2v) is 11.5. The van der Waals surface area contributed by atoms with Gasteiger partial charge in [-0.3, -0.25) is 9.78 Å². The molecule has 4 rings (SSSR count). The van der Waals surface area contributed by atoms with Gasteiger partial charge in [-0.25, -0.2) is 4.98 Å². The van der Waals surface area contributed by atoms with Gasteiger partial charge in [0.25, 0.3) is 0 Å². The minimum Gasteiger partial charge on any atom is -0.392 e. The summed E-state index contributed by atoms with van der Waals surface area (Å²) in [4.78, 5) is 25.7. The molecule has 1 amide bonds. The molecule has 1 fully saturated rings. The fraction of sp³-hybridized carbons (Fsp3) is 0.667. The Bertz CT molecular complexity index is 976. The molecule has 186 valence electrons. The van der Waals surface area contributed by atoms with Crippen molar-refractivity contribution in [1.29, 1.82) is 0 Å². The molecule has 2 aromatic rings. The average molecular weight is 485 g/mol. The third kappa shape index (κ3) is 4.74. The van der Waals surface area contributed by atoms with Gasteiger partial charge in [0.05, 0.1) is 11.8 Å². The van der Waals surface area contributed by atoms with Gasteiger partial charge in [-0.15, -0.1) is 11.3 Å². The summed E-state index contributed by atoms with van der Waals surface area (Å²) < 4.78 is 0. The van der Waals surface area contributed by atoms with E-state index in [-0.39, 0.29) is 35.0 Å². The highest BCUT2D eigenvalue weighted by atomic mass is 32.1. The van der Waals surface area contributed by atoms with Gasteiger partial charge < -0.3 is 15.3 Å². The summed E-state index contributed by atoms with van der Waals surface area (Å²) >= 11 is 1.77. The number of amides is 1. The van der Waals surface area contributed by atoms with Crippen molar-refractivity contribution in [2.75, 3.05) is 25.0 Å². The smallest absolute Gasteiger partial charge is 0.225 e. The van der Waals surface area contributed by atoms with Gasteiger partial charge >= 0.3 is 0 Å². The first-order valence-corrected chi connectivity index (χ1v) is 13.7. The number of pyridine rings is 1. The third-order valence-electron chi connectivity index (χ3n) is 8.41. The largest absolute Gasteiger partial charge is 0.392 e. The van der Waals surface area contributed by atoms with Crippen LogP contribution >= 0.6 is 11.3 Å². The highest BCUT2D eigenvalue weighted by molar-refractivity contribution is 7.15. The molecule has 0 aliphatic heterocycles. The van der Waals surface area contributed by atoms with Crippen LogP contribution in [0, 0.1) is 23.2 Å². The van der Waals surface area contributed by atoms with Gasteiger partial charge in [0.2, 0.25) is 5.91 Å². The van der Waals surface area contributed by atoms with Crippen LogP contribution in [0.2, 0.25) is 0 Å². The summed E-state index contributed by atoms with van der Waals surface area (Å²) in [5.74, 6) is 0.311. The maximum Gasteiger partial charge on any atom is 0.225 e. The summed E-state index contributed by atoms with van der Waals surface area (Å²) in [6.07, 6.45) is 5.10. The predicted octanol–water partition coefficient (Wildman–Crippen LogP) is 4.75. The molecule has 2 aliphatic carbocycles. The maximum atomic E-state index is 13.1. The Kier molecular flexibility index (Phi) is 7.63. The van der Waals surface area contributed by atoms with Crippen molar-refractivity contribution in [3.8, 4) is 0 Å². The Morgan fingerprint density at radius 2 is 2.12 bits per heavy atom. The molecule has 0 unspecified atom stereocenters. The lowest BCUT2D eigenvalue weighted by Gasteiger charge is -2.53. The highest BCUT2D eigenvalue weighted by Crippen LogP contribution is 2.57. The number of hydrogen-bond acceptors (Lipinski definition) is 6. The van der Waals surface area contributed by atoms with E-state index in [9.17, 15) is 9.90 Å². The van der Waals surface area contributed by atoms with E-state index in [0.29, 0.717) is 0 Å². The summed E-state index contributed by atoms with van der Waals surface area (Å²) in [6.45, 7) is 12.9. The van der Waals surface area contributed by atoms with Crippen LogP contribution in [0.1, 0.15) is 69.6 Å². The number of nitrogens with zero attached hydrogens (tertiary/aromatic N) is 3. The topological polar surface area (TPSA) is 78.4 Å². The molecule has 7 heteroatoms. The lowest BCUT2D eigenvalue weighted by molar-refractivity contribution is -0.144. The first kappa shape index (κ1) is 25.1. The van der Waals surface area contributed by atoms with Gasteiger partial charge in [0.1, 0.15) is 0 Å². The molecule has 6 nitrogen and oxygen atoms in total. The predicted molar refractivity (Wildman–Crippen MR) is 138 cm³/mol. The number of aliphatic hydroxyl groups is 1. The number of thiazole rings is 1. The van der Waals surface area contributed by atoms with E-state index in [1.54, 1.807) is 11.3 Å². The molecule has 0 aromatic carbocycles. The van der Waals surface area contributed by atoms with E-state index < -0.39 is 6.10 Å². The van der Waals surface area contributed by atoms with E-state index in [4.69, 9.17) is 4.98 Å². The number of carbonyl (C=O) groups excluding carboxylic acids is 1. The van der Waals surface area contributed by atoms with E-state index in [1.165, 1.54) is 4.88 Å². The van der Waals surface area contributed by atoms with Crippen molar-refractivity contribution in [2.45, 2.75) is 72.3 Å². The van der Waals surface area contributed by atoms with E-state index in [2.05, 4.69) is 24.1 Å². The first-order chi connectivity index (χ1) is 16.3. The fourth-order valence-corrected chi connectivity index (χ4v) is 7.76. The number of hydrogen-bond donors (Lipinski definition) is 2. The SMILES string of the molecule is CCN(CC)C(=O)[C@@H](C)[C@H]1CC[C@]2(C)Cc3sc(NCCc4ccccn4)nc3[C@@H](C)[C@@H]2[C@H]1O. The van der Waals surface area contributed by atoms with Crippen molar-refractivity contribution in [3.63, 3.8) is 0 Å². The molecular formula is C27H40N4O2S. The Hall–Kier alpha value is -1.99. The molecule has 0 spiro atoms. The Morgan fingerprint density at radius 1 is 1.35 bits per heavy atom. The van der Waals surface area contributed by atoms with Crippen LogP contribution in [-0.2, 0) is 17.6 Å². The second-order valence-electron chi connectivity index (χ2n) is 10.5. The van der Waals surface area contributed by atoms with E-state index >= 15 is 0 Å². The first-order valence-electron chi connectivity index (χ1n) is 12.9. The van der Waals surface area contributed by atoms with Crippen LogP contribution in [0.15, 0.2) is 24.4 Å². The zero-order valence-corrected chi connectivity index (χ0v) is 22.1. The second kappa shape index (κ2) is 10.3. The summed E-state index contributed by atoms with van der Waals surface area (Å²) in [7, 11) is 0. The number of rotatable bonds is 8. The molecule has 2 aromatic heterocycles. The Morgan fingerprint density at radius 3 is 2.79 bits per heavy atom. The molecule has 1 saturated carbocycles. The van der Waals surface area contributed by atoms with Crippen molar-refractivity contribution in [2.24, 2.45) is 23.2 Å². The van der Waals surface area contributed by atoms with Crippen molar-refractivity contribution >= 4 is 22.4 Å². The van der Waals surface area contributed by atoms with Crippen LogP contribution in [0.3, 0.4) is 0 Å². The minimum absolute atomic E-state index is 0.00442. The average Bonchev–Trinajstić information content (AvgIpc) is 3.22. The van der Waals surface area contributed by atoms with Crippen LogP contribution < -0.4 is 5.32 Å². The van der Waals surface area contributed by atoms with Crippen LogP contribution in [0.4, 0.5) is 5.13 Å². The summed E-state index contributed by atoms with van der Waals surface area (Å²) in [6, 6.07) is 6.00. The standard InChI is InChI=1S/C27H40N4O2S/c1-6-31(7-2)25(33)17(3)20-11-13-27(5)16-21-23(18(4)22(27)24(20)32)30-26(34-21)29-15-12-19-10-8-9-14-28-19/h8-10,14,17-18,20,22,24,32H,6-7,11-13,15-16H2,1-5H3,(H,29,30)/t17-,18-,20+,22+,24-,27+/m0/s1. The van der Waals surface area contributed by atoms with Gasteiger partial charge in [-0.05, 0) is 62.5 Å². The quantitative estimate of drug-likeness (QED) is 0.565. The van der Waals surface area contributed by atoms with Gasteiger partial charge in [0, 0.05) is 54.7 Å². The minimum atomic E-state index is -0.487. The number of anilines is 1. The molecule has 34 heavy (non-hydrogen) atoms. The zero-order chi connectivity index (χ0) is 24.5. The monoisotopic (exact) mass is 484 g/mol. The Labute approximate surface area is 208 Å². The van der Waals surface area contributed by atoms with Gasteiger partial charge in [-0.2, -0.15) is 0 Å². The molecule has 2 heterocycles. The number of aromatic nitrogens is 2.